The zero-order chi connectivity index (χ0) is 25.9. The van der Waals surface area contributed by atoms with E-state index in [1.54, 1.807) is 19.1 Å². The molecule has 7 nitrogen and oxygen atoms in total. The van der Waals surface area contributed by atoms with Gasteiger partial charge in [-0.3, -0.25) is 4.79 Å². The SMILES string of the molecule is COc1ccc(OC)c(N2CC(c3nc4ccccc4n3CCOc3ccccc3C(C)C)CC2=O)c1. The minimum absolute atomic E-state index is 0.0391. The zero-order valence-electron chi connectivity index (χ0n) is 21.8. The van der Waals surface area contributed by atoms with Gasteiger partial charge in [0.1, 0.15) is 29.7 Å². The monoisotopic (exact) mass is 499 g/mol. The third kappa shape index (κ3) is 4.86. The third-order valence-corrected chi connectivity index (χ3v) is 6.96. The molecule has 0 N–H and O–H groups in total. The highest BCUT2D eigenvalue weighted by Crippen LogP contribution is 2.39. The second kappa shape index (κ2) is 10.5. The predicted molar refractivity (Wildman–Crippen MR) is 145 cm³/mol. The molecule has 1 saturated heterocycles. The summed E-state index contributed by atoms with van der Waals surface area (Å²) in [6.45, 7) is 6.00. The second-order valence-electron chi connectivity index (χ2n) is 9.59. The van der Waals surface area contributed by atoms with E-state index in [2.05, 4.69) is 30.5 Å². The number of para-hydroxylation sites is 3. The molecule has 5 rings (SSSR count). The first kappa shape index (κ1) is 24.7. The summed E-state index contributed by atoms with van der Waals surface area (Å²) in [5.74, 6) is 3.50. The number of carbonyl (C=O) groups excluding carboxylic acids is 1. The molecule has 1 amide bonds. The smallest absolute Gasteiger partial charge is 0.227 e. The number of amides is 1. The number of methoxy groups -OCH3 is 2. The Kier molecular flexibility index (Phi) is 7.04. The van der Waals surface area contributed by atoms with Gasteiger partial charge in [-0.1, -0.05) is 44.2 Å². The van der Waals surface area contributed by atoms with E-state index >= 15 is 0 Å². The first-order valence-corrected chi connectivity index (χ1v) is 12.7. The van der Waals surface area contributed by atoms with E-state index in [9.17, 15) is 4.79 Å². The number of hydrogen-bond donors (Lipinski definition) is 0. The van der Waals surface area contributed by atoms with Crippen molar-refractivity contribution in [2.24, 2.45) is 0 Å². The van der Waals surface area contributed by atoms with Crippen LogP contribution >= 0.6 is 0 Å². The highest BCUT2D eigenvalue weighted by atomic mass is 16.5. The Balaban J connectivity index is 1.42. The van der Waals surface area contributed by atoms with Crippen molar-refractivity contribution < 1.29 is 19.0 Å². The van der Waals surface area contributed by atoms with Gasteiger partial charge in [0.25, 0.3) is 0 Å². The molecule has 37 heavy (non-hydrogen) atoms. The predicted octanol–water partition coefficient (Wildman–Crippen LogP) is 5.78. The lowest BCUT2D eigenvalue weighted by Gasteiger charge is -2.21. The van der Waals surface area contributed by atoms with E-state index in [-0.39, 0.29) is 11.8 Å². The Hall–Kier alpha value is -4.00. The van der Waals surface area contributed by atoms with E-state index in [0.29, 0.717) is 49.2 Å². The standard InChI is InChI=1S/C30H33N3O4/c1-20(2)23-9-5-8-12-27(23)37-16-15-32-25-11-7-6-10-24(25)31-30(32)21-17-29(34)33(19-21)26-18-22(35-3)13-14-28(26)36-4/h5-14,18,20-21H,15-17,19H2,1-4H3. The molecule has 1 aromatic heterocycles. The summed E-state index contributed by atoms with van der Waals surface area (Å²) in [6.07, 6.45) is 0.376. The molecule has 1 fully saturated rings. The maximum Gasteiger partial charge on any atom is 0.227 e. The summed E-state index contributed by atoms with van der Waals surface area (Å²) >= 11 is 0. The number of carbonyl (C=O) groups is 1. The van der Waals surface area contributed by atoms with Gasteiger partial charge in [0.05, 0.1) is 37.5 Å². The normalized spacial score (nSPS) is 15.5. The lowest BCUT2D eigenvalue weighted by molar-refractivity contribution is -0.117. The number of rotatable bonds is 9. The van der Waals surface area contributed by atoms with E-state index in [0.717, 1.165) is 22.6 Å². The van der Waals surface area contributed by atoms with Crippen LogP contribution in [0, 0.1) is 0 Å². The number of nitrogens with zero attached hydrogens (tertiary/aromatic N) is 3. The van der Waals surface area contributed by atoms with Crippen molar-refractivity contribution in [1.29, 1.82) is 0 Å². The summed E-state index contributed by atoms with van der Waals surface area (Å²) < 4.78 is 19.4. The van der Waals surface area contributed by atoms with Crippen molar-refractivity contribution in [2.75, 3.05) is 32.3 Å². The molecule has 1 unspecified atom stereocenters. The first-order chi connectivity index (χ1) is 18.0. The van der Waals surface area contributed by atoms with Gasteiger partial charge in [0, 0.05) is 24.9 Å². The molecule has 1 aliphatic rings. The summed E-state index contributed by atoms with van der Waals surface area (Å²) in [6, 6.07) is 21.8. The summed E-state index contributed by atoms with van der Waals surface area (Å²) in [5, 5.41) is 0. The Morgan fingerprint density at radius 2 is 1.76 bits per heavy atom. The Morgan fingerprint density at radius 3 is 2.54 bits per heavy atom. The van der Waals surface area contributed by atoms with E-state index in [1.807, 2.05) is 54.6 Å². The van der Waals surface area contributed by atoms with Crippen LogP contribution in [0.1, 0.15) is 43.5 Å². The van der Waals surface area contributed by atoms with Crippen molar-refractivity contribution in [3.63, 3.8) is 0 Å². The number of ether oxygens (including phenoxy) is 3. The summed E-state index contributed by atoms with van der Waals surface area (Å²) in [5.41, 5.74) is 3.88. The number of fused-ring (bicyclic) bond motifs is 1. The van der Waals surface area contributed by atoms with Crippen molar-refractivity contribution >= 4 is 22.6 Å². The highest BCUT2D eigenvalue weighted by molar-refractivity contribution is 5.98. The maximum atomic E-state index is 13.2. The average molecular weight is 500 g/mol. The number of imidazole rings is 1. The molecule has 1 atom stereocenters. The fraction of sp³-hybridized carbons (Fsp3) is 0.333. The van der Waals surface area contributed by atoms with E-state index in [1.165, 1.54) is 5.56 Å². The van der Waals surface area contributed by atoms with Crippen LogP contribution in [0.3, 0.4) is 0 Å². The van der Waals surface area contributed by atoms with Gasteiger partial charge < -0.3 is 23.7 Å². The molecule has 192 valence electrons. The highest BCUT2D eigenvalue weighted by Gasteiger charge is 2.36. The number of benzene rings is 3. The molecular formula is C30H33N3O4. The Bertz CT molecular complexity index is 1410. The molecule has 0 radical (unpaired) electrons. The summed E-state index contributed by atoms with van der Waals surface area (Å²) in [7, 11) is 3.23. The zero-order valence-corrected chi connectivity index (χ0v) is 21.8. The van der Waals surface area contributed by atoms with Crippen LogP contribution in [-0.4, -0.2) is 42.8 Å². The van der Waals surface area contributed by atoms with Crippen molar-refractivity contribution in [3.05, 3.63) is 78.1 Å². The minimum atomic E-state index is -0.0567. The number of anilines is 1. The van der Waals surface area contributed by atoms with Crippen LogP contribution in [0.4, 0.5) is 5.69 Å². The van der Waals surface area contributed by atoms with E-state index < -0.39 is 0 Å². The molecule has 7 heteroatoms. The first-order valence-electron chi connectivity index (χ1n) is 12.7. The largest absolute Gasteiger partial charge is 0.497 e. The number of hydrogen-bond acceptors (Lipinski definition) is 5. The van der Waals surface area contributed by atoms with Gasteiger partial charge in [-0.05, 0) is 41.8 Å². The van der Waals surface area contributed by atoms with Crippen molar-refractivity contribution in [3.8, 4) is 17.2 Å². The Labute approximate surface area is 217 Å². The van der Waals surface area contributed by atoms with Crippen LogP contribution < -0.4 is 19.1 Å². The molecule has 0 aliphatic carbocycles. The average Bonchev–Trinajstić information content (AvgIpc) is 3.48. The molecule has 1 aliphatic heterocycles. The van der Waals surface area contributed by atoms with E-state index in [4.69, 9.17) is 19.2 Å². The van der Waals surface area contributed by atoms with Crippen LogP contribution in [0.25, 0.3) is 11.0 Å². The third-order valence-electron chi connectivity index (χ3n) is 6.96. The van der Waals surface area contributed by atoms with Gasteiger partial charge in [-0.2, -0.15) is 0 Å². The van der Waals surface area contributed by atoms with Gasteiger partial charge >= 0.3 is 0 Å². The molecule has 0 spiro atoms. The summed E-state index contributed by atoms with van der Waals surface area (Å²) in [4.78, 5) is 20.0. The van der Waals surface area contributed by atoms with Gasteiger partial charge in [-0.15, -0.1) is 0 Å². The minimum Gasteiger partial charge on any atom is -0.497 e. The van der Waals surface area contributed by atoms with Gasteiger partial charge in [0.15, 0.2) is 0 Å². The molecule has 2 heterocycles. The lowest BCUT2D eigenvalue weighted by atomic mass is 10.0. The quantitative estimate of drug-likeness (QED) is 0.292. The molecule has 0 saturated carbocycles. The van der Waals surface area contributed by atoms with Crippen LogP contribution in [0.2, 0.25) is 0 Å². The molecule has 0 bridgehead atoms. The fourth-order valence-electron chi connectivity index (χ4n) is 5.10. The van der Waals surface area contributed by atoms with Crippen LogP contribution in [0.15, 0.2) is 66.7 Å². The lowest BCUT2D eigenvalue weighted by Crippen LogP contribution is -2.25. The van der Waals surface area contributed by atoms with Gasteiger partial charge in [0.2, 0.25) is 5.91 Å². The molecular weight excluding hydrogens is 466 g/mol. The van der Waals surface area contributed by atoms with Gasteiger partial charge in [-0.25, -0.2) is 4.98 Å². The molecule has 3 aromatic carbocycles. The topological polar surface area (TPSA) is 65.8 Å². The number of aromatic nitrogens is 2. The molecule has 4 aromatic rings. The second-order valence-corrected chi connectivity index (χ2v) is 9.59. The van der Waals surface area contributed by atoms with Crippen LogP contribution in [0.5, 0.6) is 17.2 Å². The van der Waals surface area contributed by atoms with Crippen molar-refractivity contribution in [2.45, 2.75) is 38.6 Å². The van der Waals surface area contributed by atoms with Crippen molar-refractivity contribution in [1.82, 2.24) is 9.55 Å². The maximum absolute atomic E-state index is 13.2. The van der Waals surface area contributed by atoms with Crippen LogP contribution in [-0.2, 0) is 11.3 Å². The fourth-order valence-corrected chi connectivity index (χ4v) is 5.10. The Morgan fingerprint density at radius 1 is 0.973 bits per heavy atom.